The van der Waals surface area contributed by atoms with Crippen LogP contribution in [0, 0.1) is 0 Å². The zero-order valence-electron chi connectivity index (χ0n) is 10.0. The molecule has 2 N–H and O–H groups in total. The summed E-state index contributed by atoms with van der Waals surface area (Å²) in [5.74, 6) is 0.130. The number of carbonyl (C=O) groups is 1. The van der Waals surface area contributed by atoms with Gasteiger partial charge >= 0.3 is 0 Å². The molecule has 0 aliphatic rings. The minimum absolute atomic E-state index is 0.0334. The van der Waals surface area contributed by atoms with E-state index in [-0.39, 0.29) is 11.8 Å². The zero-order valence-corrected chi connectivity index (χ0v) is 10.0. The second kappa shape index (κ2) is 5.11. The minimum atomic E-state index is -0.0334. The predicted octanol–water partition coefficient (Wildman–Crippen LogP) is 3.15. The molecule has 0 aliphatic carbocycles. The summed E-state index contributed by atoms with van der Waals surface area (Å²) in [7, 11) is 0. The average molecular weight is 227 g/mol. The summed E-state index contributed by atoms with van der Waals surface area (Å²) in [4.78, 5) is 12.0. The van der Waals surface area contributed by atoms with Crippen LogP contribution in [0.2, 0.25) is 0 Å². The van der Waals surface area contributed by atoms with Gasteiger partial charge in [0.05, 0.1) is 0 Å². The second-order valence-corrected chi connectivity index (χ2v) is 4.36. The van der Waals surface area contributed by atoms with Crippen LogP contribution < -0.4 is 5.73 Å². The lowest BCUT2D eigenvalue weighted by atomic mass is 10.00. The summed E-state index contributed by atoms with van der Waals surface area (Å²) in [6.45, 7) is 2.00. The van der Waals surface area contributed by atoms with E-state index in [1.165, 1.54) is 0 Å². The second-order valence-electron chi connectivity index (χ2n) is 4.36. The Morgan fingerprint density at radius 3 is 2.59 bits per heavy atom. The van der Waals surface area contributed by atoms with Crippen molar-refractivity contribution in [1.29, 1.82) is 0 Å². The molecule has 0 aromatic heterocycles. The molecule has 2 rings (SSSR count). The molecule has 0 saturated heterocycles. The summed E-state index contributed by atoms with van der Waals surface area (Å²) in [6, 6.07) is 13.8. The SMILES string of the molecule is CCC(N)CC(=O)c1ccc2ccccc2c1. The molecular weight excluding hydrogens is 210 g/mol. The summed E-state index contributed by atoms with van der Waals surface area (Å²) in [5, 5.41) is 2.26. The van der Waals surface area contributed by atoms with E-state index in [9.17, 15) is 4.79 Å². The third kappa shape index (κ3) is 2.71. The van der Waals surface area contributed by atoms with Gasteiger partial charge in [-0.2, -0.15) is 0 Å². The standard InChI is InChI=1S/C15H17NO/c1-2-14(16)10-15(17)13-8-7-11-5-3-4-6-12(11)9-13/h3-9,14H,2,10,16H2,1H3. The highest BCUT2D eigenvalue weighted by molar-refractivity contribution is 6.00. The van der Waals surface area contributed by atoms with Gasteiger partial charge in [0, 0.05) is 18.0 Å². The van der Waals surface area contributed by atoms with E-state index in [2.05, 4.69) is 0 Å². The van der Waals surface area contributed by atoms with Crippen LogP contribution in [0.4, 0.5) is 0 Å². The minimum Gasteiger partial charge on any atom is -0.327 e. The molecule has 0 bridgehead atoms. The van der Waals surface area contributed by atoms with Gasteiger partial charge in [0.1, 0.15) is 0 Å². The monoisotopic (exact) mass is 227 g/mol. The first-order valence-corrected chi connectivity index (χ1v) is 5.98. The first-order valence-electron chi connectivity index (χ1n) is 5.98. The maximum atomic E-state index is 12.0. The van der Waals surface area contributed by atoms with Crippen LogP contribution in [0.1, 0.15) is 30.1 Å². The van der Waals surface area contributed by atoms with Gasteiger partial charge in [0.15, 0.2) is 5.78 Å². The van der Waals surface area contributed by atoms with Gasteiger partial charge in [0.25, 0.3) is 0 Å². The highest BCUT2D eigenvalue weighted by Crippen LogP contribution is 2.17. The highest BCUT2D eigenvalue weighted by atomic mass is 16.1. The molecule has 0 spiro atoms. The van der Waals surface area contributed by atoms with Crippen LogP contribution in [-0.2, 0) is 0 Å². The van der Waals surface area contributed by atoms with Gasteiger partial charge in [-0.15, -0.1) is 0 Å². The van der Waals surface area contributed by atoms with Crippen molar-refractivity contribution in [2.75, 3.05) is 0 Å². The van der Waals surface area contributed by atoms with E-state index in [0.29, 0.717) is 6.42 Å². The molecule has 88 valence electrons. The summed E-state index contributed by atoms with van der Waals surface area (Å²) in [6.07, 6.45) is 1.26. The number of nitrogens with two attached hydrogens (primary N) is 1. The highest BCUT2D eigenvalue weighted by Gasteiger charge is 2.10. The van der Waals surface area contributed by atoms with Crippen LogP contribution in [0.25, 0.3) is 10.8 Å². The van der Waals surface area contributed by atoms with E-state index in [0.717, 1.165) is 22.8 Å². The molecule has 0 radical (unpaired) electrons. The molecule has 0 fully saturated rings. The maximum absolute atomic E-state index is 12.0. The van der Waals surface area contributed by atoms with E-state index in [1.807, 2.05) is 49.4 Å². The van der Waals surface area contributed by atoms with E-state index >= 15 is 0 Å². The number of hydrogen-bond acceptors (Lipinski definition) is 2. The van der Waals surface area contributed by atoms with Crippen molar-refractivity contribution in [3.63, 3.8) is 0 Å². The van der Waals surface area contributed by atoms with Gasteiger partial charge < -0.3 is 5.73 Å². The van der Waals surface area contributed by atoms with Crippen molar-refractivity contribution < 1.29 is 4.79 Å². The number of Topliss-reactive ketones (excluding diaryl/α,β-unsaturated/α-hetero) is 1. The third-order valence-electron chi connectivity index (χ3n) is 3.04. The zero-order chi connectivity index (χ0) is 12.3. The number of ketones is 1. The van der Waals surface area contributed by atoms with E-state index in [1.54, 1.807) is 0 Å². The molecular formula is C15H17NO. The number of hydrogen-bond donors (Lipinski definition) is 1. The molecule has 1 unspecified atom stereocenters. The van der Waals surface area contributed by atoms with Crippen molar-refractivity contribution in [3.05, 3.63) is 48.0 Å². The Morgan fingerprint density at radius 2 is 1.88 bits per heavy atom. The molecule has 0 aliphatic heterocycles. The number of carbonyl (C=O) groups excluding carboxylic acids is 1. The van der Waals surface area contributed by atoms with Gasteiger partial charge in [-0.1, -0.05) is 43.3 Å². The molecule has 2 aromatic rings. The number of rotatable bonds is 4. The summed E-state index contributed by atoms with van der Waals surface area (Å²) < 4.78 is 0. The lowest BCUT2D eigenvalue weighted by Gasteiger charge is -2.08. The van der Waals surface area contributed by atoms with Gasteiger partial charge in [-0.25, -0.2) is 0 Å². The summed E-state index contributed by atoms with van der Waals surface area (Å²) in [5.41, 5.74) is 6.56. The van der Waals surface area contributed by atoms with Crippen molar-refractivity contribution in [2.45, 2.75) is 25.8 Å². The van der Waals surface area contributed by atoms with Crippen molar-refractivity contribution >= 4 is 16.6 Å². The Hall–Kier alpha value is -1.67. The van der Waals surface area contributed by atoms with Crippen molar-refractivity contribution in [1.82, 2.24) is 0 Å². The Labute approximate surface area is 101 Å². The first-order chi connectivity index (χ1) is 8.20. The van der Waals surface area contributed by atoms with E-state index in [4.69, 9.17) is 5.73 Å². The summed E-state index contributed by atoms with van der Waals surface area (Å²) >= 11 is 0. The Morgan fingerprint density at radius 1 is 1.18 bits per heavy atom. The van der Waals surface area contributed by atoms with Gasteiger partial charge in [0.2, 0.25) is 0 Å². The van der Waals surface area contributed by atoms with Crippen LogP contribution in [0.15, 0.2) is 42.5 Å². The molecule has 2 heteroatoms. The molecule has 1 atom stereocenters. The Balaban J connectivity index is 2.27. The lowest BCUT2D eigenvalue weighted by molar-refractivity contribution is 0.0974. The molecule has 0 heterocycles. The van der Waals surface area contributed by atoms with E-state index < -0.39 is 0 Å². The largest absolute Gasteiger partial charge is 0.327 e. The van der Waals surface area contributed by atoms with Crippen LogP contribution in [0.3, 0.4) is 0 Å². The Bertz CT molecular complexity index is 533. The smallest absolute Gasteiger partial charge is 0.164 e. The third-order valence-corrected chi connectivity index (χ3v) is 3.04. The average Bonchev–Trinajstić information content (AvgIpc) is 2.38. The van der Waals surface area contributed by atoms with Crippen LogP contribution >= 0.6 is 0 Å². The quantitative estimate of drug-likeness (QED) is 0.815. The number of fused-ring (bicyclic) bond motifs is 1. The first kappa shape index (κ1) is 11.8. The van der Waals surface area contributed by atoms with Gasteiger partial charge in [-0.3, -0.25) is 4.79 Å². The number of benzene rings is 2. The fourth-order valence-corrected chi connectivity index (χ4v) is 1.86. The van der Waals surface area contributed by atoms with Crippen LogP contribution in [0.5, 0.6) is 0 Å². The van der Waals surface area contributed by atoms with Crippen LogP contribution in [-0.4, -0.2) is 11.8 Å². The molecule has 17 heavy (non-hydrogen) atoms. The maximum Gasteiger partial charge on any atom is 0.164 e. The Kier molecular flexibility index (Phi) is 3.55. The fourth-order valence-electron chi connectivity index (χ4n) is 1.86. The predicted molar refractivity (Wildman–Crippen MR) is 71.2 cm³/mol. The van der Waals surface area contributed by atoms with Crippen molar-refractivity contribution in [2.24, 2.45) is 5.73 Å². The fraction of sp³-hybridized carbons (Fsp3) is 0.267. The van der Waals surface area contributed by atoms with Crippen molar-refractivity contribution in [3.8, 4) is 0 Å². The normalized spacial score (nSPS) is 12.6. The molecule has 2 aromatic carbocycles. The topological polar surface area (TPSA) is 43.1 Å². The van der Waals surface area contributed by atoms with Gasteiger partial charge in [-0.05, 0) is 23.3 Å². The molecule has 0 amide bonds. The molecule has 2 nitrogen and oxygen atoms in total. The molecule has 0 saturated carbocycles. The lowest BCUT2D eigenvalue weighted by Crippen LogP contribution is -2.22.